The molecule has 1 saturated heterocycles. The lowest BCUT2D eigenvalue weighted by atomic mass is 10.1. The van der Waals surface area contributed by atoms with Crippen molar-refractivity contribution in [1.29, 1.82) is 0 Å². The summed E-state index contributed by atoms with van der Waals surface area (Å²) in [6, 6.07) is 12.5. The number of nitrogens with one attached hydrogen (secondary N) is 2. The molecule has 0 radical (unpaired) electrons. The second-order valence-electron chi connectivity index (χ2n) is 7.34. The molecule has 0 amide bonds. The standard InChI is InChI=1S/C22H29N5O.HI/c1-2-23-22(26-16-19-14-18-7-3-4-8-20(18)28-19)25-15-17-9-10-24-21(13-17)27-11-5-6-12-27;/h3-4,7-10,13,19H,2,5-6,11-12,14-16H2,1H3,(H2,23,25,26);1H. The van der Waals surface area contributed by atoms with Crippen molar-refractivity contribution in [2.75, 3.05) is 31.1 Å². The molecule has 0 aliphatic carbocycles. The first-order valence-electron chi connectivity index (χ1n) is 10.3. The highest BCUT2D eigenvalue weighted by atomic mass is 127. The highest BCUT2D eigenvalue weighted by Crippen LogP contribution is 2.27. The van der Waals surface area contributed by atoms with Crippen LogP contribution in [0.4, 0.5) is 5.82 Å². The summed E-state index contributed by atoms with van der Waals surface area (Å²) in [4.78, 5) is 11.6. The second kappa shape index (κ2) is 10.7. The minimum atomic E-state index is 0. The largest absolute Gasteiger partial charge is 0.488 e. The van der Waals surface area contributed by atoms with Crippen molar-refractivity contribution in [1.82, 2.24) is 15.6 Å². The lowest BCUT2D eigenvalue weighted by Gasteiger charge is -2.17. The molecule has 7 heteroatoms. The number of ether oxygens (including phenoxy) is 1. The molecule has 0 bridgehead atoms. The van der Waals surface area contributed by atoms with E-state index in [2.05, 4.69) is 45.6 Å². The van der Waals surface area contributed by atoms with Gasteiger partial charge in [-0.05, 0) is 49.1 Å². The Morgan fingerprint density at radius 2 is 2.03 bits per heavy atom. The van der Waals surface area contributed by atoms with E-state index in [-0.39, 0.29) is 30.1 Å². The smallest absolute Gasteiger partial charge is 0.191 e. The lowest BCUT2D eigenvalue weighted by molar-refractivity contribution is 0.235. The normalized spacial score (nSPS) is 18.0. The van der Waals surface area contributed by atoms with Gasteiger partial charge < -0.3 is 20.3 Å². The summed E-state index contributed by atoms with van der Waals surface area (Å²) < 4.78 is 6.01. The van der Waals surface area contributed by atoms with E-state index in [4.69, 9.17) is 9.73 Å². The molecule has 6 nitrogen and oxygen atoms in total. The lowest BCUT2D eigenvalue weighted by Crippen LogP contribution is -2.42. The van der Waals surface area contributed by atoms with E-state index in [1.807, 2.05) is 24.4 Å². The van der Waals surface area contributed by atoms with E-state index in [0.717, 1.165) is 50.1 Å². The van der Waals surface area contributed by atoms with E-state index < -0.39 is 0 Å². The van der Waals surface area contributed by atoms with Gasteiger partial charge in [-0.25, -0.2) is 9.98 Å². The van der Waals surface area contributed by atoms with E-state index in [1.165, 1.54) is 24.0 Å². The van der Waals surface area contributed by atoms with Crippen LogP contribution in [0.1, 0.15) is 30.9 Å². The molecule has 2 N–H and O–H groups in total. The summed E-state index contributed by atoms with van der Waals surface area (Å²) in [6.07, 6.45) is 5.48. The van der Waals surface area contributed by atoms with Crippen LogP contribution in [0.5, 0.6) is 5.75 Å². The highest BCUT2D eigenvalue weighted by Gasteiger charge is 2.22. The molecule has 29 heavy (non-hydrogen) atoms. The van der Waals surface area contributed by atoms with Crippen molar-refractivity contribution in [3.05, 3.63) is 53.7 Å². The fourth-order valence-electron chi connectivity index (χ4n) is 3.77. The summed E-state index contributed by atoms with van der Waals surface area (Å²) in [5.41, 5.74) is 2.46. The number of guanidine groups is 1. The van der Waals surface area contributed by atoms with Gasteiger partial charge in [0, 0.05) is 32.3 Å². The second-order valence-corrected chi connectivity index (χ2v) is 7.34. The van der Waals surface area contributed by atoms with E-state index in [9.17, 15) is 0 Å². The molecule has 1 aromatic carbocycles. The van der Waals surface area contributed by atoms with Crippen molar-refractivity contribution >= 4 is 35.8 Å². The van der Waals surface area contributed by atoms with Gasteiger partial charge in [0.05, 0.1) is 13.1 Å². The van der Waals surface area contributed by atoms with Crippen molar-refractivity contribution in [2.45, 2.75) is 38.8 Å². The topological polar surface area (TPSA) is 61.8 Å². The zero-order chi connectivity index (χ0) is 19.2. The molecule has 1 aromatic heterocycles. The maximum absolute atomic E-state index is 6.01. The monoisotopic (exact) mass is 507 g/mol. The molecule has 1 unspecified atom stereocenters. The van der Waals surface area contributed by atoms with Crippen LogP contribution >= 0.6 is 24.0 Å². The Balaban J connectivity index is 0.00000240. The Hall–Kier alpha value is -2.03. The van der Waals surface area contributed by atoms with Crippen molar-refractivity contribution in [3.63, 3.8) is 0 Å². The first-order chi connectivity index (χ1) is 13.8. The summed E-state index contributed by atoms with van der Waals surface area (Å²) in [5, 5.41) is 6.75. The number of fused-ring (bicyclic) bond motifs is 1. The maximum atomic E-state index is 6.01. The van der Waals surface area contributed by atoms with Gasteiger partial charge in [-0.2, -0.15) is 0 Å². The number of benzene rings is 1. The Labute approximate surface area is 190 Å². The SMILES string of the molecule is CCNC(=NCc1ccnc(N2CCCC2)c1)NCC1Cc2ccccc2O1.I. The Morgan fingerprint density at radius 3 is 2.83 bits per heavy atom. The molecular formula is C22H30IN5O. The molecule has 4 rings (SSSR count). The number of aliphatic imine (C=N–C) groups is 1. The third-order valence-corrected chi connectivity index (χ3v) is 5.21. The molecule has 3 heterocycles. The average molecular weight is 507 g/mol. The maximum Gasteiger partial charge on any atom is 0.191 e. The number of hydrogen-bond donors (Lipinski definition) is 2. The van der Waals surface area contributed by atoms with E-state index in [0.29, 0.717) is 6.54 Å². The van der Waals surface area contributed by atoms with Crippen LogP contribution in [0.15, 0.2) is 47.6 Å². The molecule has 1 atom stereocenters. The molecule has 2 aliphatic heterocycles. The molecule has 0 saturated carbocycles. The highest BCUT2D eigenvalue weighted by molar-refractivity contribution is 14.0. The van der Waals surface area contributed by atoms with Gasteiger partial charge in [-0.15, -0.1) is 24.0 Å². The fourth-order valence-corrected chi connectivity index (χ4v) is 3.77. The average Bonchev–Trinajstić information content (AvgIpc) is 3.40. The molecule has 1 fully saturated rings. The van der Waals surface area contributed by atoms with Crippen LogP contribution in [-0.2, 0) is 13.0 Å². The number of pyridine rings is 1. The quantitative estimate of drug-likeness (QED) is 0.357. The van der Waals surface area contributed by atoms with Gasteiger partial charge in [-0.1, -0.05) is 18.2 Å². The van der Waals surface area contributed by atoms with Crippen LogP contribution in [0.3, 0.4) is 0 Å². The Bertz CT molecular complexity index is 797. The van der Waals surface area contributed by atoms with Crippen LogP contribution in [0, 0.1) is 0 Å². The number of aromatic nitrogens is 1. The summed E-state index contributed by atoms with van der Waals surface area (Å²) in [6.45, 7) is 6.48. The van der Waals surface area contributed by atoms with Crippen LogP contribution in [0.2, 0.25) is 0 Å². The number of halogens is 1. The van der Waals surface area contributed by atoms with E-state index in [1.54, 1.807) is 0 Å². The van der Waals surface area contributed by atoms with Gasteiger partial charge in [0.25, 0.3) is 0 Å². The third-order valence-electron chi connectivity index (χ3n) is 5.21. The zero-order valence-electron chi connectivity index (χ0n) is 16.9. The molecule has 2 aliphatic rings. The van der Waals surface area contributed by atoms with Crippen LogP contribution in [-0.4, -0.2) is 43.2 Å². The zero-order valence-corrected chi connectivity index (χ0v) is 19.3. The molecule has 2 aromatic rings. The number of para-hydroxylation sites is 1. The van der Waals surface area contributed by atoms with E-state index >= 15 is 0 Å². The van der Waals surface area contributed by atoms with Crippen molar-refractivity contribution in [3.8, 4) is 5.75 Å². The molecule has 156 valence electrons. The summed E-state index contributed by atoms with van der Waals surface area (Å²) >= 11 is 0. The minimum absolute atomic E-state index is 0. The predicted molar refractivity (Wildman–Crippen MR) is 128 cm³/mol. The first-order valence-corrected chi connectivity index (χ1v) is 10.3. The first kappa shape index (κ1) is 21.7. The van der Waals surface area contributed by atoms with Gasteiger partial charge in [0.2, 0.25) is 0 Å². The van der Waals surface area contributed by atoms with Crippen LogP contribution in [0.25, 0.3) is 0 Å². The van der Waals surface area contributed by atoms with Gasteiger partial charge in [0.15, 0.2) is 5.96 Å². The number of anilines is 1. The third kappa shape index (κ3) is 5.74. The van der Waals surface area contributed by atoms with Crippen LogP contribution < -0.4 is 20.3 Å². The van der Waals surface area contributed by atoms with Crippen molar-refractivity contribution in [2.24, 2.45) is 4.99 Å². The Morgan fingerprint density at radius 1 is 1.21 bits per heavy atom. The number of rotatable bonds is 6. The minimum Gasteiger partial charge on any atom is -0.488 e. The predicted octanol–water partition coefficient (Wildman–Crippen LogP) is 3.36. The fraction of sp³-hybridized carbons (Fsp3) is 0.455. The Kier molecular flexibility index (Phi) is 7.97. The number of nitrogens with zero attached hydrogens (tertiary/aromatic N) is 3. The summed E-state index contributed by atoms with van der Waals surface area (Å²) in [5.74, 6) is 2.89. The van der Waals surface area contributed by atoms with Gasteiger partial charge >= 0.3 is 0 Å². The number of hydrogen-bond acceptors (Lipinski definition) is 4. The molecule has 0 spiro atoms. The van der Waals surface area contributed by atoms with Gasteiger partial charge in [-0.3, -0.25) is 0 Å². The van der Waals surface area contributed by atoms with Gasteiger partial charge in [0.1, 0.15) is 17.7 Å². The molecular weight excluding hydrogens is 477 g/mol. The van der Waals surface area contributed by atoms with Crippen molar-refractivity contribution < 1.29 is 4.74 Å². The summed E-state index contributed by atoms with van der Waals surface area (Å²) in [7, 11) is 0.